The summed E-state index contributed by atoms with van der Waals surface area (Å²) < 4.78 is 6.38. The van der Waals surface area contributed by atoms with Crippen molar-refractivity contribution in [3.8, 4) is 0 Å². The van der Waals surface area contributed by atoms with E-state index in [9.17, 15) is 9.59 Å². The number of ether oxygens (including phenoxy) is 1. The largest absolute Gasteiger partial charge is 0.364 e. The van der Waals surface area contributed by atoms with E-state index in [1.807, 2.05) is 21.6 Å². The van der Waals surface area contributed by atoms with E-state index in [2.05, 4.69) is 52.0 Å². The van der Waals surface area contributed by atoms with E-state index in [1.165, 1.54) is 0 Å². The SMILES string of the molecule is CC(C)C[C@@H]1NCCN([C@@H](CC(C)C)C(=O)N2CCC3(CC2)OCC(CN(C)C)CS3)C1=O. The van der Waals surface area contributed by atoms with Crippen molar-refractivity contribution in [1.82, 2.24) is 20.0 Å². The number of rotatable bonds is 8. The van der Waals surface area contributed by atoms with Gasteiger partial charge in [0, 0.05) is 57.2 Å². The predicted molar refractivity (Wildman–Crippen MR) is 135 cm³/mol. The Morgan fingerprint density at radius 3 is 2.42 bits per heavy atom. The summed E-state index contributed by atoms with van der Waals surface area (Å²) in [6, 6.07) is -0.527. The van der Waals surface area contributed by atoms with Gasteiger partial charge < -0.3 is 24.8 Å². The van der Waals surface area contributed by atoms with Gasteiger partial charge >= 0.3 is 0 Å². The van der Waals surface area contributed by atoms with E-state index in [4.69, 9.17) is 4.74 Å². The number of carbonyl (C=O) groups excluding carboxylic acids is 2. The van der Waals surface area contributed by atoms with Gasteiger partial charge in [-0.05, 0) is 38.8 Å². The molecule has 0 bridgehead atoms. The second-order valence-corrected chi connectivity index (χ2v) is 12.7. The maximum atomic E-state index is 13.7. The zero-order chi connectivity index (χ0) is 24.2. The number of piperazine rings is 1. The van der Waals surface area contributed by atoms with Crippen molar-refractivity contribution in [3.63, 3.8) is 0 Å². The highest BCUT2D eigenvalue weighted by atomic mass is 32.2. The molecule has 0 aromatic rings. The van der Waals surface area contributed by atoms with Crippen LogP contribution in [-0.4, -0.2) is 103 Å². The molecule has 0 aromatic heterocycles. The van der Waals surface area contributed by atoms with Crippen LogP contribution in [0.4, 0.5) is 0 Å². The van der Waals surface area contributed by atoms with E-state index >= 15 is 0 Å². The van der Waals surface area contributed by atoms with Crippen molar-refractivity contribution in [3.05, 3.63) is 0 Å². The van der Waals surface area contributed by atoms with Crippen LogP contribution in [0.2, 0.25) is 0 Å². The summed E-state index contributed by atoms with van der Waals surface area (Å²) in [5, 5.41) is 3.37. The fraction of sp³-hybridized carbons (Fsp3) is 0.920. The molecule has 190 valence electrons. The third-order valence-electron chi connectivity index (χ3n) is 7.01. The summed E-state index contributed by atoms with van der Waals surface area (Å²) in [7, 11) is 4.22. The molecule has 0 radical (unpaired) electrons. The molecule has 33 heavy (non-hydrogen) atoms. The maximum Gasteiger partial charge on any atom is 0.245 e. The van der Waals surface area contributed by atoms with Crippen LogP contribution in [0, 0.1) is 17.8 Å². The van der Waals surface area contributed by atoms with Gasteiger partial charge in [0.15, 0.2) is 0 Å². The second kappa shape index (κ2) is 11.7. The van der Waals surface area contributed by atoms with Crippen molar-refractivity contribution >= 4 is 23.6 Å². The van der Waals surface area contributed by atoms with Gasteiger partial charge in [-0.3, -0.25) is 9.59 Å². The number of hydrogen-bond donors (Lipinski definition) is 1. The zero-order valence-electron chi connectivity index (χ0n) is 21.6. The average Bonchev–Trinajstić information content (AvgIpc) is 2.75. The van der Waals surface area contributed by atoms with Crippen LogP contribution >= 0.6 is 11.8 Å². The first-order valence-corrected chi connectivity index (χ1v) is 13.8. The molecule has 3 aliphatic rings. The highest BCUT2D eigenvalue weighted by Crippen LogP contribution is 2.42. The molecule has 0 saturated carbocycles. The molecular formula is C25H46N4O3S. The first kappa shape index (κ1) is 26.8. The molecule has 7 nitrogen and oxygen atoms in total. The molecule has 3 saturated heterocycles. The Morgan fingerprint density at radius 1 is 1.18 bits per heavy atom. The van der Waals surface area contributed by atoms with Gasteiger partial charge in [-0.2, -0.15) is 0 Å². The summed E-state index contributed by atoms with van der Waals surface area (Å²) in [5.74, 6) is 2.71. The van der Waals surface area contributed by atoms with E-state index in [1.54, 1.807) is 0 Å². The van der Waals surface area contributed by atoms with E-state index in [0.717, 1.165) is 51.1 Å². The first-order valence-electron chi connectivity index (χ1n) is 12.9. The number of piperidine rings is 1. The average molecular weight is 483 g/mol. The number of thioether (sulfide) groups is 1. The topological polar surface area (TPSA) is 65.1 Å². The lowest BCUT2D eigenvalue weighted by Gasteiger charge is -2.47. The summed E-state index contributed by atoms with van der Waals surface area (Å²) >= 11 is 1.94. The molecule has 0 aliphatic carbocycles. The molecule has 0 aromatic carbocycles. The van der Waals surface area contributed by atoms with Crippen LogP contribution in [0.5, 0.6) is 0 Å². The summed E-state index contributed by atoms with van der Waals surface area (Å²) in [6.45, 7) is 13.2. The number of carbonyl (C=O) groups is 2. The minimum atomic E-state index is -0.354. The Kier molecular flexibility index (Phi) is 9.52. The molecule has 8 heteroatoms. The van der Waals surface area contributed by atoms with Crippen LogP contribution in [0.1, 0.15) is 53.4 Å². The number of nitrogens with zero attached hydrogens (tertiary/aromatic N) is 3. The third kappa shape index (κ3) is 7.09. The summed E-state index contributed by atoms with van der Waals surface area (Å²) in [5.41, 5.74) is 0. The zero-order valence-corrected chi connectivity index (χ0v) is 22.5. The fourth-order valence-corrected chi connectivity index (χ4v) is 6.71. The van der Waals surface area contributed by atoms with Crippen molar-refractivity contribution in [2.24, 2.45) is 17.8 Å². The van der Waals surface area contributed by atoms with Crippen LogP contribution in [0.25, 0.3) is 0 Å². The number of hydrogen-bond acceptors (Lipinski definition) is 6. The lowest BCUT2D eigenvalue weighted by atomic mass is 9.95. The minimum Gasteiger partial charge on any atom is -0.364 e. The molecule has 3 rings (SSSR count). The standard InChI is InChI=1S/C25H46N4O3S/c1-18(2)13-21-23(30)29(12-9-26-21)22(14-19(3)4)24(31)28-10-7-25(8-11-28)32-16-20(17-33-25)15-27(5)6/h18-22,26H,7-17H2,1-6H3/t20?,21-,22-/m0/s1. The first-order chi connectivity index (χ1) is 15.6. The van der Waals surface area contributed by atoms with Crippen molar-refractivity contribution in [2.75, 3.05) is 59.2 Å². The number of amides is 2. The van der Waals surface area contributed by atoms with Crippen molar-refractivity contribution in [1.29, 1.82) is 0 Å². The van der Waals surface area contributed by atoms with E-state index < -0.39 is 0 Å². The number of nitrogens with one attached hydrogen (secondary N) is 1. The highest BCUT2D eigenvalue weighted by Gasteiger charge is 2.44. The van der Waals surface area contributed by atoms with Crippen LogP contribution in [0.3, 0.4) is 0 Å². The molecule has 1 N–H and O–H groups in total. The van der Waals surface area contributed by atoms with Crippen LogP contribution in [0.15, 0.2) is 0 Å². The Bertz CT molecular complexity index is 654. The quantitative estimate of drug-likeness (QED) is 0.574. The van der Waals surface area contributed by atoms with Crippen LogP contribution < -0.4 is 5.32 Å². The Balaban J connectivity index is 1.61. The second-order valence-electron chi connectivity index (χ2n) is 11.3. The minimum absolute atomic E-state index is 0.0977. The Labute approximate surface area is 205 Å². The molecule has 1 unspecified atom stereocenters. The van der Waals surface area contributed by atoms with E-state index in [-0.39, 0.29) is 28.8 Å². The van der Waals surface area contributed by atoms with E-state index in [0.29, 0.717) is 37.4 Å². The lowest BCUT2D eigenvalue weighted by Crippen LogP contribution is -2.62. The molecular weight excluding hydrogens is 436 g/mol. The molecule has 1 spiro atoms. The number of likely N-dealkylation sites (tertiary alicyclic amines) is 1. The van der Waals surface area contributed by atoms with Crippen molar-refractivity contribution < 1.29 is 14.3 Å². The predicted octanol–water partition coefficient (Wildman–Crippen LogP) is 2.51. The lowest BCUT2D eigenvalue weighted by molar-refractivity contribution is -0.151. The normalized spacial score (nSPS) is 27.1. The van der Waals surface area contributed by atoms with Gasteiger partial charge in [-0.15, -0.1) is 11.8 Å². The smallest absolute Gasteiger partial charge is 0.245 e. The van der Waals surface area contributed by atoms with Gasteiger partial charge in [0.1, 0.15) is 11.0 Å². The summed E-state index contributed by atoms with van der Waals surface area (Å²) in [6.07, 6.45) is 3.28. The highest BCUT2D eigenvalue weighted by molar-refractivity contribution is 8.00. The molecule has 2 amide bonds. The van der Waals surface area contributed by atoms with Gasteiger partial charge in [0.05, 0.1) is 12.6 Å². The Morgan fingerprint density at radius 2 is 1.88 bits per heavy atom. The molecule has 3 atom stereocenters. The maximum absolute atomic E-state index is 13.7. The van der Waals surface area contributed by atoms with Gasteiger partial charge in [-0.25, -0.2) is 0 Å². The summed E-state index contributed by atoms with van der Waals surface area (Å²) in [4.78, 5) is 33.0. The van der Waals surface area contributed by atoms with Gasteiger partial charge in [-0.1, -0.05) is 27.7 Å². The molecule has 3 fully saturated rings. The third-order valence-corrected chi connectivity index (χ3v) is 8.70. The molecule has 3 heterocycles. The molecule has 3 aliphatic heterocycles. The van der Waals surface area contributed by atoms with Gasteiger partial charge in [0.2, 0.25) is 11.8 Å². The van der Waals surface area contributed by atoms with Gasteiger partial charge in [0.25, 0.3) is 0 Å². The van der Waals surface area contributed by atoms with Crippen LogP contribution in [-0.2, 0) is 14.3 Å². The fourth-order valence-electron chi connectivity index (χ4n) is 5.35. The van der Waals surface area contributed by atoms with Crippen molar-refractivity contribution in [2.45, 2.75) is 70.4 Å². The monoisotopic (exact) mass is 482 g/mol. The Hall–Kier alpha value is -0.830.